The third-order valence-corrected chi connectivity index (χ3v) is 6.44. The van der Waals surface area contributed by atoms with Crippen LogP contribution in [0.1, 0.15) is 74.8 Å². The molecule has 0 radical (unpaired) electrons. The van der Waals surface area contributed by atoms with E-state index >= 15 is 0 Å². The molecule has 0 atom stereocenters. The first kappa shape index (κ1) is 18.3. The summed E-state index contributed by atoms with van der Waals surface area (Å²) in [4.78, 5) is 14.9. The third kappa shape index (κ3) is 4.19. The van der Waals surface area contributed by atoms with Crippen LogP contribution in [0.4, 0.5) is 0 Å². The summed E-state index contributed by atoms with van der Waals surface area (Å²) in [6.45, 7) is 2.12. The molecule has 2 aliphatic rings. The summed E-state index contributed by atoms with van der Waals surface area (Å²) < 4.78 is 5.38. The molecule has 1 aromatic carbocycles. The van der Waals surface area contributed by atoms with Gasteiger partial charge in [-0.3, -0.25) is 4.79 Å². The minimum Gasteiger partial charge on any atom is -0.496 e. The van der Waals surface area contributed by atoms with Crippen molar-refractivity contribution in [3.05, 3.63) is 29.3 Å². The van der Waals surface area contributed by atoms with E-state index in [0.29, 0.717) is 23.8 Å². The Bertz CT molecular complexity index is 584. The van der Waals surface area contributed by atoms with Gasteiger partial charge in [-0.2, -0.15) is 0 Å². The number of carbonyl (C=O) groups excluding carboxylic acids is 1. The first-order chi connectivity index (χ1) is 12.1. The van der Waals surface area contributed by atoms with E-state index in [1.165, 1.54) is 43.2 Å². The minimum absolute atomic E-state index is 0.292. The fourth-order valence-corrected chi connectivity index (χ4v) is 4.77. The summed E-state index contributed by atoms with van der Waals surface area (Å²) >= 11 is 0. The number of nitrogens with zero attached hydrogens (tertiary/aromatic N) is 1. The molecule has 2 aliphatic carbocycles. The molecule has 0 bridgehead atoms. The summed E-state index contributed by atoms with van der Waals surface area (Å²) in [5.74, 6) is 2.29. The van der Waals surface area contributed by atoms with Crippen molar-refractivity contribution in [3.63, 3.8) is 0 Å². The molecule has 3 nitrogen and oxygen atoms in total. The van der Waals surface area contributed by atoms with Crippen molar-refractivity contribution in [3.8, 4) is 5.75 Å². The highest BCUT2D eigenvalue weighted by Gasteiger charge is 2.31. The topological polar surface area (TPSA) is 29.5 Å². The molecule has 2 saturated carbocycles. The van der Waals surface area contributed by atoms with Gasteiger partial charge in [-0.25, -0.2) is 0 Å². The monoisotopic (exact) mass is 343 g/mol. The molecule has 0 aromatic heterocycles. The van der Waals surface area contributed by atoms with Crippen LogP contribution in [0, 0.1) is 12.8 Å². The Morgan fingerprint density at radius 3 is 2.32 bits per heavy atom. The van der Waals surface area contributed by atoms with Crippen molar-refractivity contribution in [1.82, 2.24) is 4.90 Å². The van der Waals surface area contributed by atoms with E-state index in [-0.39, 0.29) is 0 Å². The summed E-state index contributed by atoms with van der Waals surface area (Å²) in [7, 11) is 3.77. The smallest absolute Gasteiger partial charge is 0.225 e. The van der Waals surface area contributed by atoms with Crippen molar-refractivity contribution in [2.24, 2.45) is 5.92 Å². The van der Waals surface area contributed by atoms with Gasteiger partial charge in [-0.05, 0) is 68.6 Å². The van der Waals surface area contributed by atoms with E-state index < -0.39 is 0 Å². The lowest BCUT2D eigenvalue weighted by Gasteiger charge is -2.37. The predicted molar refractivity (Wildman–Crippen MR) is 102 cm³/mol. The van der Waals surface area contributed by atoms with E-state index in [1.54, 1.807) is 7.11 Å². The van der Waals surface area contributed by atoms with Crippen LogP contribution in [-0.2, 0) is 4.79 Å². The van der Waals surface area contributed by atoms with E-state index in [9.17, 15) is 4.79 Å². The minimum atomic E-state index is 0.292. The molecule has 0 aliphatic heterocycles. The molecule has 0 unspecified atom stereocenters. The molecule has 138 valence electrons. The Hall–Kier alpha value is -1.51. The number of aryl methyl sites for hydroxylation is 1. The number of hydrogen-bond donors (Lipinski definition) is 0. The van der Waals surface area contributed by atoms with Crippen LogP contribution in [0.5, 0.6) is 5.75 Å². The highest BCUT2D eigenvalue weighted by atomic mass is 16.5. The fraction of sp³-hybridized carbons (Fsp3) is 0.682. The first-order valence-corrected chi connectivity index (χ1v) is 10.0. The number of amides is 1. The average Bonchev–Trinajstić information content (AvgIpc) is 2.67. The number of rotatable bonds is 4. The van der Waals surface area contributed by atoms with E-state index in [2.05, 4.69) is 30.0 Å². The van der Waals surface area contributed by atoms with Crippen molar-refractivity contribution in [2.45, 2.75) is 76.7 Å². The molecule has 3 rings (SSSR count). The SMILES string of the molecule is COc1ccc(C2CCC(N(C)C(=O)C3CCCCC3)CC2)cc1C. The Morgan fingerprint density at radius 2 is 1.72 bits per heavy atom. The predicted octanol–water partition coefficient (Wildman–Crippen LogP) is 5.07. The van der Waals surface area contributed by atoms with Crippen LogP contribution in [0.15, 0.2) is 18.2 Å². The molecular weight excluding hydrogens is 310 g/mol. The molecule has 0 saturated heterocycles. The second-order valence-electron chi connectivity index (χ2n) is 8.02. The lowest BCUT2D eigenvalue weighted by atomic mass is 9.80. The lowest BCUT2D eigenvalue weighted by Crippen LogP contribution is -2.42. The normalized spacial score (nSPS) is 24.8. The maximum absolute atomic E-state index is 12.8. The Balaban J connectivity index is 1.56. The van der Waals surface area contributed by atoms with Crippen molar-refractivity contribution < 1.29 is 9.53 Å². The summed E-state index contributed by atoms with van der Waals surface area (Å²) in [6, 6.07) is 7.02. The van der Waals surface area contributed by atoms with Crippen LogP contribution < -0.4 is 4.74 Å². The first-order valence-electron chi connectivity index (χ1n) is 10.0. The fourth-order valence-electron chi connectivity index (χ4n) is 4.77. The van der Waals surface area contributed by atoms with Crippen LogP contribution >= 0.6 is 0 Å². The number of carbonyl (C=O) groups is 1. The van der Waals surface area contributed by atoms with Crippen molar-refractivity contribution in [1.29, 1.82) is 0 Å². The van der Waals surface area contributed by atoms with Crippen LogP contribution in [0.25, 0.3) is 0 Å². The largest absolute Gasteiger partial charge is 0.496 e. The summed E-state index contributed by atoms with van der Waals surface area (Å²) in [5, 5.41) is 0. The highest BCUT2D eigenvalue weighted by molar-refractivity contribution is 5.79. The zero-order valence-electron chi connectivity index (χ0n) is 16.1. The molecule has 1 amide bonds. The van der Waals surface area contributed by atoms with Gasteiger partial charge >= 0.3 is 0 Å². The number of ether oxygens (including phenoxy) is 1. The van der Waals surface area contributed by atoms with Crippen LogP contribution in [0.2, 0.25) is 0 Å². The molecule has 2 fully saturated rings. The van der Waals surface area contributed by atoms with Crippen LogP contribution in [-0.4, -0.2) is 31.0 Å². The molecule has 0 N–H and O–H groups in total. The van der Waals surface area contributed by atoms with Gasteiger partial charge in [0.25, 0.3) is 0 Å². The Morgan fingerprint density at radius 1 is 1.04 bits per heavy atom. The molecular formula is C22H33NO2. The molecule has 0 spiro atoms. The van der Waals surface area contributed by atoms with Crippen LogP contribution in [0.3, 0.4) is 0 Å². The second kappa shape index (κ2) is 8.25. The van der Waals surface area contributed by atoms with E-state index in [4.69, 9.17) is 4.74 Å². The van der Waals surface area contributed by atoms with E-state index in [1.807, 2.05) is 7.05 Å². The highest BCUT2D eigenvalue weighted by Crippen LogP contribution is 2.37. The van der Waals surface area contributed by atoms with Gasteiger partial charge in [0.05, 0.1) is 7.11 Å². The lowest BCUT2D eigenvalue weighted by molar-refractivity contribution is -0.138. The maximum Gasteiger partial charge on any atom is 0.225 e. The summed E-state index contributed by atoms with van der Waals surface area (Å²) in [5.41, 5.74) is 2.64. The number of benzene rings is 1. The second-order valence-corrected chi connectivity index (χ2v) is 8.02. The quantitative estimate of drug-likeness (QED) is 0.764. The number of hydrogen-bond acceptors (Lipinski definition) is 2. The average molecular weight is 344 g/mol. The molecule has 0 heterocycles. The maximum atomic E-state index is 12.8. The van der Waals surface area contributed by atoms with Gasteiger partial charge in [-0.15, -0.1) is 0 Å². The third-order valence-electron chi connectivity index (χ3n) is 6.44. The van der Waals surface area contributed by atoms with Gasteiger partial charge in [0, 0.05) is 19.0 Å². The molecule has 3 heteroatoms. The number of methoxy groups -OCH3 is 1. The summed E-state index contributed by atoms with van der Waals surface area (Å²) in [6.07, 6.45) is 10.6. The van der Waals surface area contributed by atoms with Gasteiger partial charge in [0.1, 0.15) is 5.75 Å². The molecule has 25 heavy (non-hydrogen) atoms. The zero-order chi connectivity index (χ0) is 17.8. The van der Waals surface area contributed by atoms with Gasteiger partial charge in [0.15, 0.2) is 0 Å². The van der Waals surface area contributed by atoms with Gasteiger partial charge in [0.2, 0.25) is 5.91 Å². The zero-order valence-corrected chi connectivity index (χ0v) is 16.1. The van der Waals surface area contributed by atoms with E-state index in [0.717, 1.165) is 31.4 Å². The Labute approximate surface area is 152 Å². The van der Waals surface area contributed by atoms with Gasteiger partial charge in [-0.1, -0.05) is 31.4 Å². The standard InChI is InChI=1S/C22H33NO2/c1-16-15-19(11-14-21(16)25-3)17-9-12-20(13-10-17)23(2)22(24)18-7-5-4-6-8-18/h11,14-15,17-18,20H,4-10,12-13H2,1-3H3. The van der Waals surface area contributed by atoms with Crippen molar-refractivity contribution >= 4 is 5.91 Å². The van der Waals surface area contributed by atoms with Gasteiger partial charge < -0.3 is 9.64 Å². The van der Waals surface area contributed by atoms with Crippen molar-refractivity contribution in [2.75, 3.05) is 14.2 Å². The Kier molecular flexibility index (Phi) is 6.03. The molecule has 1 aromatic rings.